The van der Waals surface area contributed by atoms with Gasteiger partial charge in [-0.1, -0.05) is 18.2 Å². The summed E-state index contributed by atoms with van der Waals surface area (Å²) in [4.78, 5) is 2.31. The number of piperidine rings is 1. The third-order valence-electron chi connectivity index (χ3n) is 4.45. The molecule has 0 aromatic heterocycles. The standard InChI is InChI=1S/C16H24F2N2O/c1-11(19)13-7-9-20(10-8-13)12(2)14-5-3-4-6-15(14)21-16(17)18/h3-6,11-13,16H,7-10,19H2,1-2H3. The van der Waals surface area contributed by atoms with Gasteiger partial charge in [0.15, 0.2) is 0 Å². The molecule has 0 bridgehead atoms. The van der Waals surface area contributed by atoms with Crippen molar-refractivity contribution in [1.82, 2.24) is 4.90 Å². The smallest absolute Gasteiger partial charge is 0.387 e. The van der Waals surface area contributed by atoms with Crippen molar-refractivity contribution >= 4 is 0 Å². The van der Waals surface area contributed by atoms with Crippen LogP contribution in [0.1, 0.15) is 38.3 Å². The number of hydrogen-bond donors (Lipinski definition) is 1. The number of ether oxygens (including phenoxy) is 1. The van der Waals surface area contributed by atoms with E-state index in [4.69, 9.17) is 5.73 Å². The summed E-state index contributed by atoms with van der Waals surface area (Å²) in [6, 6.07) is 7.33. The Morgan fingerprint density at radius 2 is 1.81 bits per heavy atom. The van der Waals surface area contributed by atoms with Crippen LogP contribution in [0.3, 0.4) is 0 Å². The Balaban J connectivity index is 2.05. The molecule has 1 heterocycles. The number of rotatable bonds is 5. The van der Waals surface area contributed by atoms with Crippen LogP contribution in [0.25, 0.3) is 0 Å². The lowest BCUT2D eigenvalue weighted by atomic mass is 9.89. The number of alkyl halides is 2. The van der Waals surface area contributed by atoms with Gasteiger partial charge in [0.2, 0.25) is 0 Å². The van der Waals surface area contributed by atoms with Gasteiger partial charge in [-0.25, -0.2) is 0 Å². The zero-order chi connectivity index (χ0) is 15.4. The molecule has 1 fully saturated rings. The molecule has 5 heteroatoms. The van der Waals surface area contributed by atoms with E-state index in [9.17, 15) is 8.78 Å². The summed E-state index contributed by atoms with van der Waals surface area (Å²) in [5.74, 6) is 0.829. The minimum atomic E-state index is -2.79. The third kappa shape index (κ3) is 4.14. The van der Waals surface area contributed by atoms with E-state index in [-0.39, 0.29) is 17.8 Å². The minimum absolute atomic E-state index is 0.0639. The van der Waals surface area contributed by atoms with Gasteiger partial charge in [-0.05, 0) is 51.8 Å². The summed E-state index contributed by atoms with van der Waals surface area (Å²) in [5, 5.41) is 0. The first-order valence-electron chi connectivity index (χ1n) is 7.52. The molecule has 2 atom stereocenters. The molecule has 2 unspecified atom stereocenters. The largest absolute Gasteiger partial charge is 0.434 e. The first-order chi connectivity index (χ1) is 9.99. The molecule has 0 amide bonds. The Labute approximate surface area is 125 Å². The predicted octanol–water partition coefficient (Wildman–Crippen LogP) is 3.41. The highest BCUT2D eigenvalue weighted by molar-refractivity contribution is 5.35. The van der Waals surface area contributed by atoms with Crippen LogP contribution in [0.5, 0.6) is 5.75 Å². The topological polar surface area (TPSA) is 38.5 Å². The first-order valence-corrected chi connectivity index (χ1v) is 7.52. The second-order valence-corrected chi connectivity index (χ2v) is 5.82. The molecule has 0 saturated carbocycles. The van der Waals surface area contributed by atoms with Crippen molar-refractivity contribution in [2.75, 3.05) is 13.1 Å². The van der Waals surface area contributed by atoms with E-state index in [0.717, 1.165) is 31.5 Å². The van der Waals surface area contributed by atoms with Crippen molar-refractivity contribution in [2.45, 2.75) is 45.4 Å². The Hall–Kier alpha value is -1.20. The second-order valence-electron chi connectivity index (χ2n) is 5.82. The van der Waals surface area contributed by atoms with Crippen molar-refractivity contribution in [2.24, 2.45) is 11.7 Å². The van der Waals surface area contributed by atoms with Crippen LogP contribution in [-0.2, 0) is 0 Å². The van der Waals surface area contributed by atoms with Gasteiger partial charge in [-0.3, -0.25) is 4.90 Å². The predicted molar refractivity (Wildman–Crippen MR) is 79.4 cm³/mol. The summed E-state index contributed by atoms with van der Waals surface area (Å²) in [7, 11) is 0. The lowest BCUT2D eigenvalue weighted by Gasteiger charge is -2.37. The van der Waals surface area contributed by atoms with E-state index in [1.807, 2.05) is 19.1 Å². The molecular weight excluding hydrogens is 274 g/mol. The summed E-state index contributed by atoms with van der Waals surface area (Å²) in [6.45, 7) is 3.18. The highest BCUT2D eigenvalue weighted by atomic mass is 19.3. The zero-order valence-electron chi connectivity index (χ0n) is 12.6. The molecule has 0 spiro atoms. The fourth-order valence-corrected chi connectivity index (χ4v) is 3.06. The molecule has 1 aliphatic rings. The zero-order valence-corrected chi connectivity index (χ0v) is 12.6. The Morgan fingerprint density at radius 3 is 2.38 bits per heavy atom. The molecule has 2 N–H and O–H groups in total. The van der Waals surface area contributed by atoms with Crippen LogP contribution < -0.4 is 10.5 Å². The van der Waals surface area contributed by atoms with Crippen LogP contribution in [-0.4, -0.2) is 30.6 Å². The third-order valence-corrected chi connectivity index (χ3v) is 4.45. The molecule has 1 aliphatic heterocycles. The number of hydrogen-bond acceptors (Lipinski definition) is 3. The summed E-state index contributed by atoms with van der Waals surface area (Å²) >= 11 is 0. The molecule has 1 saturated heterocycles. The minimum Gasteiger partial charge on any atom is -0.434 e. The average Bonchev–Trinajstić information content (AvgIpc) is 2.46. The van der Waals surface area contributed by atoms with E-state index in [0.29, 0.717) is 5.92 Å². The van der Waals surface area contributed by atoms with Crippen molar-refractivity contribution in [3.8, 4) is 5.75 Å². The van der Waals surface area contributed by atoms with Gasteiger partial charge in [-0.2, -0.15) is 8.78 Å². The molecule has 0 radical (unpaired) electrons. The first kappa shape index (κ1) is 16.2. The molecular formula is C16H24F2N2O. The average molecular weight is 298 g/mol. The van der Waals surface area contributed by atoms with E-state index >= 15 is 0 Å². The Kier molecular flexibility index (Phi) is 5.53. The molecule has 0 aliphatic carbocycles. The number of likely N-dealkylation sites (tertiary alicyclic amines) is 1. The number of nitrogens with two attached hydrogens (primary N) is 1. The summed E-state index contributed by atoms with van der Waals surface area (Å²) in [5.41, 5.74) is 6.77. The van der Waals surface area contributed by atoms with Gasteiger partial charge in [-0.15, -0.1) is 0 Å². The molecule has 3 nitrogen and oxygen atoms in total. The lowest BCUT2D eigenvalue weighted by Crippen LogP contribution is -2.40. The molecule has 118 valence electrons. The van der Waals surface area contributed by atoms with Gasteiger partial charge in [0, 0.05) is 17.6 Å². The number of nitrogens with zero attached hydrogens (tertiary/aromatic N) is 1. The van der Waals surface area contributed by atoms with Crippen LogP contribution in [0.2, 0.25) is 0 Å². The molecule has 21 heavy (non-hydrogen) atoms. The van der Waals surface area contributed by atoms with Gasteiger partial charge >= 0.3 is 6.61 Å². The van der Waals surface area contributed by atoms with Crippen molar-refractivity contribution in [3.63, 3.8) is 0 Å². The SMILES string of the molecule is CC(N)C1CCN(C(C)c2ccccc2OC(F)F)CC1. The van der Waals surface area contributed by atoms with Gasteiger partial charge in [0.1, 0.15) is 5.75 Å². The Bertz CT molecular complexity index is 446. The van der Waals surface area contributed by atoms with E-state index in [1.165, 1.54) is 0 Å². The fourth-order valence-electron chi connectivity index (χ4n) is 3.06. The molecule has 2 rings (SSSR count). The number of halogens is 2. The van der Waals surface area contributed by atoms with Crippen LogP contribution in [0.4, 0.5) is 8.78 Å². The van der Waals surface area contributed by atoms with Gasteiger partial charge < -0.3 is 10.5 Å². The normalized spacial score (nSPS) is 20.5. The quantitative estimate of drug-likeness (QED) is 0.905. The monoisotopic (exact) mass is 298 g/mol. The van der Waals surface area contributed by atoms with Crippen LogP contribution in [0, 0.1) is 5.92 Å². The van der Waals surface area contributed by atoms with E-state index in [2.05, 4.69) is 16.6 Å². The fraction of sp³-hybridized carbons (Fsp3) is 0.625. The maximum Gasteiger partial charge on any atom is 0.387 e. The lowest BCUT2D eigenvalue weighted by molar-refractivity contribution is -0.0512. The second kappa shape index (κ2) is 7.18. The molecule has 1 aromatic rings. The number of benzene rings is 1. The van der Waals surface area contributed by atoms with Gasteiger partial charge in [0.25, 0.3) is 0 Å². The summed E-state index contributed by atoms with van der Waals surface area (Å²) in [6.07, 6.45) is 2.11. The van der Waals surface area contributed by atoms with E-state index < -0.39 is 6.61 Å². The van der Waals surface area contributed by atoms with Gasteiger partial charge in [0.05, 0.1) is 0 Å². The highest BCUT2D eigenvalue weighted by Crippen LogP contribution is 2.33. The van der Waals surface area contributed by atoms with Crippen LogP contribution >= 0.6 is 0 Å². The van der Waals surface area contributed by atoms with Crippen molar-refractivity contribution < 1.29 is 13.5 Å². The maximum absolute atomic E-state index is 12.5. The van der Waals surface area contributed by atoms with Crippen molar-refractivity contribution in [3.05, 3.63) is 29.8 Å². The maximum atomic E-state index is 12.5. The number of para-hydroxylation sites is 1. The summed E-state index contributed by atoms with van der Waals surface area (Å²) < 4.78 is 29.6. The molecule has 1 aromatic carbocycles. The highest BCUT2D eigenvalue weighted by Gasteiger charge is 2.26. The van der Waals surface area contributed by atoms with E-state index in [1.54, 1.807) is 12.1 Å². The van der Waals surface area contributed by atoms with Crippen LogP contribution in [0.15, 0.2) is 24.3 Å². The Morgan fingerprint density at radius 1 is 1.19 bits per heavy atom. The van der Waals surface area contributed by atoms with Crippen molar-refractivity contribution in [1.29, 1.82) is 0 Å².